The van der Waals surface area contributed by atoms with Crippen molar-refractivity contribution < 1.29 is 19.2 Å². The van der Waals surface area contributed by atoms with Crippen molar-refractivity contribution in [3.63, 3.8) is 0 Å². The Morgan fingerprint density at radius 3 is 2.40 bits per heavy atom. The van der Waals surface area contributed by atoms with E-state index in [2.05, 4.69) is 0 Å². The first-order chi connectivity index (χ1) is 16.9. The molecule has 0 aromatic heterocycles. The van der Waals surface area contributed by atoms with Gasteiger partial charge in [0.25, 0.3) is 11.6 Å². The molecule has 7 nitrogen and oxygen atoms in total. The number of nitro groups is 1. The number of amides is 1. The number of ether oxygens (including phenoxy) is 2. The zero-order valence-corrected chi connectivity index (χ0v) is 20.5. The van der Waals surface area contributed by atoms with Gasteiger partial charge in [0.2, 0.25) is 0 Å². The molecule has 0 radical (unpaired) electrons. The molecule has 1 heterocycles. The first kappa shape index (κ1) is 24.4. The van der Waals surface area contributed by atoms with Gasteiger partial charge in [0.15, 0.2) is 0 Å². The molecule has 9 heteroatoms. The smallest absolute Gasteiger partial charge is 0.270 e. The Morgan fingerprint density at radius 1 is 1.00 bits per heavy atom. The number of rotatable bonds is 9. The van der Waals surface area contributed by atoms with Crippen LogP contribution in [0, 0.1) is 17.0 Å². The van der Waals surface area contributed by atoms with E-state index in [-0.39, 0.29) is 18.2 Å². The number of nitro benzene ring substituents is 1. The highest BCUT2D eigenvalue weighted by molar-refractivity contribution is 8.26. The van der Waals surface area contributed by atoms with Crippen molar-refractivity contribution in [3.05, 3.63) is 105 Å². The van der Waals surface area contributed by atoms with Gasteiger partial charge in [-0.15, -0.1) is 0 Å². The van der Waals surface area contributed by atoms with Gasteiger partial charge in [-0.3, -0.25) is 19.8 Å². The minimum atomic E-state index is -0.483. The number of non-ortho nitro benzene ring substituents is 1. The van der Waals surface area contributed by atoms with Crippen LogP contribution >= 0.6 is 24.0 Å². The molecule has 4 rings (SSSR count). The van der Waals surface area contributed by atoms with E-state index in [1.165, 1.54) is 23.1 Å². The highest BCUT2D eigenvalue weighted by Crippen LogP contribution is 2.36. The van der Waals surface area contributed by atoms with E-state index >= 15 is 0 Å². The minimum absolute atomic E-state index is 0.0977. The van der Waals surface area contributed by atoms with Crippen LogP contribution in [0.25, 0.3) is 6.08 Å². The topological polar surface area (TPSA) is 81.9 Å². The van der Waals surface area contributed by atoms with Crippen molar-refractivity contribution in [2.75, 3.05) is 13.2 Å². The summed E-state index contributed by atoms with van der Waals surface area (Å²) in [6.07, 6.45) is 1.59. The molecule has 1 fully saturated rings. The van der Waals surface area contributed by atoms with Crippen molar-refractivity contribution in [3.8, 4) is 11.5 Å². The average Bonchev–Trinajstić information content (AvgIpc) is 3.11. The van der Waals surface area contributed by atoms with Crippen LogP contribution in [-0.2, 0) is 11.3 Å². The van der Waals surface area contributed by atoms with E-state index in [1.54, 1.807) is 6.08 Å². The molecule has 0 N–H and O–H groups in total. The summed E-state index contributed by atoms with van der Waals surface area (Å²) < 4.78 is 12.1. The van der Waals surface area contributed by atoms with E-state index in [0.717, 1.165) is 28.6 Å². The second kappa shape index (κ2) is 11.2. The SMILES string of the molecule is Cc1ccccc1OCCOc1ccc([N+](=O)[O-])cc1/C=C1\SC(=S)N(Cc2ccccc2)C1=O. The molecule has 0 atom stereocenters. The van der Waals surface area contributed by atoms with Gasteiger partial charge < -0.3 is 9.47 Å². The van der Waals surface area contributed by atoms with Gasteiger partial charge in [-0.1, -0.05) is 72.5 Å². The summed E-state index contributed by atoms with van der Waals surface area (Å²) in [6.45, 7) is 2.83. The number of benzene rings is 3. The zero-order chi connectivity index (χ0) is 24.8. The van der Waals surface area contributed by atoms with Crippen molar-refractivity contribution >= 4 is 46.0 Å². The molecule has 3 aromatic rings. The van der Waals surface area contributed by atoms with E-state index in [4.69, 9.17) is 21.7 Å². The van der Waals surface area contributed by atoms with Crippen molar-refractivity contribution in [2.24, 2.45) is 0 Å². The van der Waals surface area contributed by atoms with Crippen LogP contribution in [0.5, 0.6) is 11.5 Å². The Morgan fingerprint density at radius 2 is 1.69 bits per heavy atom. The van der Waals surface area contributed by atoms with Crippen LogP contribution in [0.2, 0.25) is 0 Å². The lowest BCUT2D eigenvalue weighted by molar-refractivity contribution is -0.384. The number of carbonyl (C=O) groups excluding carboxylic acids is 1. The molecule has 0 spiro atoms. The largest absolute Gasteiger partial charge is 0.490 e. The fraction of sp³-hybridized carbons (Fsp3) is 0.154. The van der Waals surface area contributed by atoms with E-state index < -0.39 is 4.92 Å². The fourth-order valence-electron chi connectivity index (χ4n) is 3.46. The van der Waals surface area contributed by atoms with Crippen molar-refractivity contribution in [1.29, 1.82) is 0 Å². The Balaban J connectivity index is 1.51. The molecular formula is C26H22N2O5S2. The summed E-state index contributed by atoms with van der Waals surface area (Å²) in [6, 6.07) is 21.5. The molecule has 1 amide bonds. The molecule has 178 valence electrons. The average molecular weight is 507 g/mol. The van der Waals surface area contributed by atoms with Crippen molar-refractivity contribution in [2.45, 2.75) is 13.5 Å². The molecule has 0 saturated carbocycles. The molecule has 1 aliphatic heterocycles. The first-order valence-corrected chi connectivity index (χ1v) is 12.0. The molecule has 1 saturated heterocycles. The quantitative estimate of drug-likeness (QED) is 0.120. The van der Waals surface area contributed by atoms with Crippen LogP contribution in [0.3, 0.4) is 0 Å². The molecular weight excluding hydrogens is 484 g/mol. The first-order valence-electron chi connectivity index (χ1n) is 10.8. The Labute approximate surface area is 212 Å². The number of hydrogen-bond acceptors (Lipinski definition) is 7. The molecule has 1 aliphatic rings. The molecule has 35 heavy (non-hydrogen) atoms. The second-order valence-corrected chi connectivity index (χ2v) is 9.37. The maximum atomic E-state index is 13.1. The zero-order valence-electron chi connectivity index (χ0n) is 18.9. The molecule has 0 unspecified atom stereocenters. The monoisotopic (exact) mass is 506 g/mol. The standard InChI is InChI=1S/C26H22N2O5S2/c1-18-7-5-6-10-22(18)32-13-14-33-23-12-11-21(28(30)31)15-20(23)16-24-25(29)27(26(34)35-24)17-19-8-3-2-4-9-19/h2-12,15-16H,13-14,17H2,1H3/b24-16-. The minimum Gasteiger partial charge on any atom is -0.490 e. The number of aryl methyl sites for hydroxylation is 1. The van der Waals surface area contributed by atoms with E-state index in [0.29, 0.717) is 33.7 Å². The van der Waals surface area contributed by atoms with Crippen LogP contribution in [0.4, 0.5) is 5.69 Å². The van der Waals surface area contributed by atoms with Gasteiger partial charge >= 0.3 is 0 Å². The predicted octanol–water partition coefficient (Wildman–Crippen LogP) is 5.76. The summed E-state index contributed by atoms with van der Waals surface area (Å²) in [5.41, 5.74) is 2.30. The third kappa shape index (κ3) is 6.06. The third-order valence-electron chi connectivity index (χ3n) is 5.24. The second-order valence-electron chi connectivity index (χ2n) is 7.70. The summed E-state index contributed by atoms with van der Waals surface area (Å²) in [4.78, 5) is 25.8. The van der Waals surface area contributed by atoms with Gasteiger partial charge in [-0.2, -0.15) is 0 Å². The number of hydrogen-bond donors (Lipinski definition) is 0. The van der Waals surface area contributed by atoms with Gasteiger partial charge in [0.05, 0.1) is 16.4 Å². The van der Waals surface area contributed by atoms with Crippen molar-refractivity contribution in [1.82, 2.24) is 4.90 Å². The van der Waals surface area contributed by atoms with Gasteiger partial charge in [0, 0.05) is 17.7 Å². The number of carbonyl (C=O) groups is 1. The normalized spacial score (nSPS) is 14.4. The Kier molecular flexibility index (Phi) is 7.79. The number of thiocarbonyl (C=S) groups is 1. The molecule has 3 aromatic carbocycles. The fourth-order valence-corrected chi connectivity index (χ4v) is 4.70. The maximum absolute atomic E-state index is 13.1. The highest BCUT2D eigenvalue weighted by atomic mass is 32.2. The lowest BCUT2D eigenvalue weighted by atomic mass is 10.1. The lowest BCUT2D eigenvalue weighted by Gasteiger charge is -2.14. The maximum Gasteiger partial charge on any atom is 0.270 e. The lowest BCUT2D eigenvalue weighted by Crippen LogP contribution is -2.27. The highest BCUT2D eigenvalue weighted by Gasteiger charge is 2.32. The van der Waals surface area contributed by atoms with E-state index in [9.17, 15) is 14.9 Å². The van der Waals surface area contributed by atoms with Gasteiger partial charge in [-0.25, -0.2) is 0 Å². The molecule has 0 bridgehead atoms. The number of para-hydroxylation sites is 1. The number of thioether (sulfide) groups is 1. The predicted molar refractivity (Wildman–Crippen MR) is 140 cm³/mol. The van der Waals surface area contributed by atoms with E-state index in [1.807, 2.05) is 61.5 Å². The summed E-state index contributed by atoms with van der Waals surface area (Å²) in [5, 5.41) is 11.3. The van der Waals surface area contributed by atoms with Crippen LogP contribution in [0.15, 0.2) is 77.7 Å². The third-order valence-corrected chi connectivity index (χ3v) is 6.62. The number of nitrogens with zero attached hydrogens (tertiary/aromatic N) is 2. The molecule has 0 aliphatic carbocycles. The summed E-state index contributed by atoms with van der Waals surface area (Å²) in [5.74, 6) is 0.934. The van der Waals surface area contributed by atoms with Crippen LogP contribution in [0.1, 0.15) is 16.7 Å². The van der Waals surface area contributed by atoms with Crippen LogP contribution < -0.4 is 9.47 Å². The Bertz CT molecular complexity index is 1290. The summed E-state index contributed by atoms with van der Waals surface area (Å²) >= 11 is 6.59. The Hall–Kier alpha value is -3.69. The van der Waals surface area contributed by atoms with Gasteiger partial charge in [0.1, 0.15) is 29.0 Å². The summed E-state index contributed by atoms with van der Waals surface area (Å²) in [7, 11) is 0. The van der Waals surface area contributed by atoms with Crippen LogP contribution in [-0.4, -0.2) is 33.3 Å². The van der Waals surface area contributed by atoms with Gasteiger partial charge in [-0.05, 0) is 36.3 Å².